The van der Waals surface area contributed by atoms with Crippen LogP contribution in [0.15, 0.2) is 116 Å². The molecular weight excluding hydrogens is 1520 g/mol. The predicted octanol–water partition coefficient (Wildman–Crippen LogP) is 13.4. The summed E-state index contributed by atoms with van der Waals surface area (Å²) in [4.78, 5) is 80.8. The summed E-state index contributed by atoms with van der Waals surface area (Å²) in [6.07, 6.45) is -7.57. The van der Waals surface area contributed by atoms with Crippen molar-refractivity contribution in [3.8, 4) is 5.75 Å². The Balaban J connectivity index is 0.000000136. The quantitative estimate of drug-likeness (QED) is 0.0769. The first-order valence-corrected chi connectivity index (χ1v) is 38.3. The van der Waals surface area contributed by atoms with Gasteiger partial charge in [-0.05, 0) is 110 Å². The standard InChI is InChI=1S/C29H29F3N6O2.C28H31F3N6O2.C22H21F6N7O/c1-19-16-36(12-10-22(19)27(39)37-13-14-38-26(17-37)34-35-28(38)29(30,31)32)25-9-11-33-24-15-21(7-8-23(24)25)40-18-20-5-3-2-4-6-20;1-17-15-35(23-8-10-32-22-14-19(5-6-21(22)23)24(38)7-4-18-2-3-18)11-9-20(17)26(39)36-12-13-37-25(16-36)33-34-27(37)28(29,30)31;1-12-10-33(15-4-6-29-18-14(15)2-3-16(30-18)21(23,24)25)7-5-13(12)19(36)34-8-9-35-17(11-34)31-32-20(35)22(26,27)28/h2-9,11,15,19,22H,10,12-14,16-18H2,1H3;5-6,8,10,14,17-18,20H,2-4,7,9,11-13,15-16H2,1H3;2-4,6,12-13H,5,7-11H2,1H3/t19-,22+;17-,20+;12-,13+/m111/s1. The molecule has 0 spiro atoms. The maximum Gasteiger partial charge on any atom is 0.451 e. The third-order valence-corrected chi connectivity index (χ3v) is 23.0. The topological polar surface area (TPSA) is 241 Å². The Labute approximate surface area is 650 Å². The summed E-state index contributed by atoms with van der Waals surface area (Å²) in [5.41, 5.74) is 5.16. The number of Topliss-reactive ketones (excluding diaryl/α,β-unsaturated/α-hetero) is 1. The number of ether oxygens (including phenoxy) is 1. The Morgan fingerprint density at radius 1 is 0.435 bits per heavy atom. The van der Waals surface area contributed by atoms with Gasteiger partial charge in [0.2, 0.25) is 35.2 Å². The highest BCUT2D eigenvalue weighted by molar-refractivity contribution is 6.02. The first-order valence-electron chi connectivity index (χ1n) is 38.3. The number of amides is 3. The third-order valence-electron chi connectivity index (χ3n) is 23.0. The van der Waals surface area contributed by atoms with Crippen LogP contribution in [0.2, 0.25) is 0 Å². The number of benzene rings is 3. The Kier molecular flexibility index (Phi) is 22.0. The molecule has 17 rings (SSSR count). The molecule has 0 N–H and O–H groups in total. The Morgan fingerprint density at radius 3 is 1.28 bits per heavy atom. The molecule has 606 valence electrons. The summed E-state index contributed by atoms with van der Waals surface area (Å²) in [7, 11) is 0. The fourth-order valence-electron chi connectivity index (χ4n) is 16.7. The van der Waals surface area contributed by atoms with Crippen LogP contribution >= 0.6 is 0 Å². The van der Waals surface area contributed by atoms with Crippen molar-refractivity contribution in [3.05, 3.63) is 167 Å². The smallest absolute Gasteiger partial charge is 0.451 e. The molecule has 1 saturated carbocycles. The maximum atomic E-state index is 13.4. The van der Waals surface area contributed by atoms with Gasteiger partial charge in [0.25, 0.3) is 0 Å². The van der Waals surface area contributed by atoms with Crippen molar-refractivity contribution in [2.45, 2.75) is 136 Å². The van der Waals surface area contributed by atoms with Crippen LogP contribution in [0.3, 0.4) is 0 Å². The number of pyridine rings is 4. The summed E-state index contributed by atoms with van der Waals surface area (Å²) in [5.74, 6) is -2.02. The maximum absolute atomic E-state index is 13.4. The first kappa shape index (κ1) is 79.1. The first-order chi connectivity index (χ1) is 54.9. The third kappa shape index (κ3) is 17.0. The number of carbonyl (C=O) groups is 4. The second-order valence-corrected chi connectivity index (χ2v) is 30.6. The van der Waals surface area contributed by atoms with Crippen LogP contribution in [0.25, 0.3) is 32.8 Å². The largest absolute Gasteiger partial charge is 0.489 e. The van der Waals surface area contributed by atoms with E-state index in [0.29, 0.717) is 94.1 Å². The fraction of sp³-hybridized carbons (Fsp3) is 0.468. The number of piperidine rings is 3. The minimum Gasteiger partial charge on any atom is -0.489 e. The van der Waals surface area contributed by atoms with Gasteiger partial charge < -0.3 is 47.8 Å². The fourth-order valence-corrected chi connectivity index (χ4v) is 16.7. The SMILES string of the molecule is C[C@@H]1CN(c2ccnc3cc(C(=O)CCC4CC4)ccc23)CC[C@@H]1C(=O)N1CCn2c(nnc2C(F)(F)F)C1.C[C@@H]1CN(c2ccnc3cc(OCc4ccccc4)ccc23)CC[C@@H]1C(=O)N1CCn2c(nnc2C(F)(F)F)C1.C[C@@H]1CN(c2ccnc3nc(C(F)(F)F)ccc23)CC[C@@H]1C(=O)N1CCn2c(nnc2C(F)(F)F)C1. The van der Waals surface area contributed by atoms with Crippen molar-refractivity contribution in [2.24, 2.45) is 41.4 Å². The average molecular weight is 1600 g/mol. The summed E-state index contributed by atoms with van der Waals surface area (Å²) in [5, 5.41) is 23.4. The van der Waals surface area contributed by atoms with Crippen molar-refractivity contribution in [3.63, 3.8) is 0 Å². The van der Waals surface area contributed by atoms with Gasteiger partial charge in [-0.1, -0.05) is 70.0 Å². The van der Waals surface area contributed by atoms with Gasteiger partial charge in [0.05, 0.1) is 30.7 Å². The molecule has 6 atom stereocenters. The van der Waals surface area contributed by atoms with Crippen LogP contribution in [0.1, 0.15) is 122 Å². The highest BCUT2D eigenvalue weighted by Crippen LogP contribution is 2.42. The van der Waals surface area contributed by atoms with Crippen molar-refractivity contribution >= 4 is 73.4 Å². The zero-order valence-electron chi connectivity index (χ0n) is 62.8. The van der Waals surface area contributed by atoms with Gasteiger partial charge in [0.15, 0.2) is 28.9 Å². The van der Waals surface area contributed by atoms with Crippen LogP contribution < -0.4 is 19.4 Å². The van der Waals surface area contributed by atoms with E-state index in [9.17, 15) is 71.9 Å². The number of hydrogen-bond acceptors (Lipinski definition) is 18. The lowest BCUT2D eigenvalue weighted by atomic mass is 9.85. The molecule has 3 saturated heterocycles. The normalized spacial score (nSPS) is 20.8. The number of hydrogen-bond donors (Lipinski definition) is 0. The molecule has 115 heavy (non-hydrogen) atoms. The zero-order chi connectivity index (χ0) is 81.0. The minimum absolute atomic E-state index is 0.0103. The van der Waals surface area contributed by atoms with E-state index in [0.717, 1.165) is 70.7 Å². The predicted molar refractivity (Wildman–Crippen MR) is 395 cm³/mol. The van der Waals surface area contributed by atoms with Crippen LogP contribution in [0.4, 0.5) is 69.7 Å². The molecule has 7 aliphatic rings. The number of fused-ring (bicyclic) bond motifs is 6. The molecule has 0 radical (unpaired) electrons. The molecule has 10 aromatic rings. The van der Waals surface area contributed by atoms with E-state index in [2.05, 4.69) is 67.3 Å². The Bertz CT molecular complexity index is 5260. The molecule has 36 heteroatoms. The second kappa shape index (κ2) is 31.9. The van der Waals surface area contributed by atoms with E-state index in [1.54, 1.807) is 28.3 Å². The average Bonchev–Trinajstić information content (AvgIpc) is 1.04. The molecule has 3 aromatic carbocycles. The molecule has 7 aromatic heterocycles. The van der Waals surface area contributed by atoms with E-state index in [4.69, 9.17) is 4.74 Å². The number of rotatable bonds is 13. The van der Waals surface area contributed by atoms with Crippen LogP contribution in [-0.4, -0.2) is 161 Å². The lowest BCUT2D eigenvalue weighted by Crippen LogP contribution is -2.49. The van der Waals surface area contributed by atoms with Gasteiger partial charge >= 0.3 is 24.7 Å². The van der Waals surface area contributed by atoms with Crippen molar-refractivity contribution in [1.82, 2.24) is 78.9 Å². The molecule has 0 unspecified atom stereocenters. The molecule has 4 fully saturated rings. The number of halogens is 12. The number of alkyl halides is 12. The highest BCUT2D eigenvalue weighted by Gasteiger charge is 2.46. The van der Waals surface area contributed by atoms with Gasteiger partial charge in [0, 0.05) is 166 Å². The lowest BCUT2D eigenvalue weighted by molar-refractivity contribution is -0.149. The zero-order valence-corrected chi connectivity index (χ0v) is 62.8. The van der Waals surface area contributed by atoms with Crippen molar-refractivity contribution in [2.75, 3.05) is 73.6 Å². The van der Waals surface area contributed by atoms with Gasteiger partial charge in [-0.15, -0.1) is 30.6 Å². The Morgan fingerprint density at radius 2 is 0.852 bits per heavy atom. The number of anilines is 3. The molecular formula is C79H81F12N19O5. The van der Waals surface area contributed by atoms with E-state index in [1.165, 1.54) is 30.0 Å². The van der Waals surface area contributed by atoms with E-state index in [-0.39, 0.29) is 141 Å². The van der Waals surface area contributed by atoms with Crippen LogP contribution in [0, 0.1) is 41.4 Å². The molecule has 24 nitrogen and oxygen atoms in total. The summed E-state index contributed by atoms with van der Waals surface area (Å²) < 4.78 is 167. The molecule has 6 aliphatic heterocycles. The van der Waals surface area contributed by atoms with E-state index in [1.807, 2.05) is 97.6 Å². The minimum atomic E-state index is -4.61. The van der Waals surface area contributed by atoms with E-state index >= 15 is 0 Å². The van der Waals surface area contributed by atoms with Gasteiger partial charge in [0.1, 0.15) is 18.1 Å². The number of carbonyl (C=O) groups excluding carboxylic acids is 4. The monoisotopic (exact) mass is 1600 g/mol. The van der Waals surface area contributed by atoms with Crippen LogP contribution in [-0.2, 0) is 85.0 Å². The number of nitrogens with zero attached hydrogens (tertiary/aromatic N) is 19. The van der Waals surface area contributed by atoms with Gasteiger partial charge in [-0.2, -0.15) is 52.7 Å². The van der Waals surface area contributed by atoms with Gasteiger partial charge in [-0.3, -0.25) is 29.1 Å². The summed E-state index contributed by atoms with van der Waals surface area (Å²) >= 11 is 0. The second-order valence-electron chi connectivity index (χ2n) is 30.6. The van der Waals surface area contributed by atoms with E-state index < -0.39 is 47.9 Å². The van der Waals surface area contributed by atoms with Crippen LogP contribution in [0.5, 0.6) is 5.75 Å². The van der Waals surface area contributed by atoms with Crippen molar-refractivity contribution < 1.29 is 76.6 Å². The Hall–Kier alpha value is -11.1. The number of aromatic nitrogens is 13. The molecule has 0 bridgehead atoms. The summed E-state index contributed by atoms with van der Waals surface area (Å²) in [6, 6.07) is 29.6. The highest BCUT2D eigenvalue weighted by atomic mass is 19.4. The summed E-state index contributed by atoms with van der Waals surface area (Å²) in [6.45, 7) is 10.8. The molecule has 1 aliphatic carbocycles. The van der Waals surface area contributed by atoms with Crippen molar-refractivity contribution in [1.29, 1.82) is 0 Å². The lowest BCUT2D eigenvalue weighted by Gasteiger charge is -2.40. The molecule has 3 amide bonds. The van der Waals surface area contributed by atoms with Gasteiger partial charge in [-0.25, -0.2) is 9.97 Å². The number of ketones is 1. The molecule has 13 heterocycles.